The Morgan fingerprint density at radius 3 is 2.37 bits per heavy atom. The number of amides is 1. The predicted molar refractivity (Wildman–Crippen MR) is 78.0 cm³/mol. The average Bonchev–Trinajstić information content (AvgIpc) is 2.38. The lowest BCUT2D eigenvalue weighted by molar-refractivity contribution is -0.135. The summed E-state index contributed by atoms with van der Waals surface area (Å²) in [5.74, 6) is 1.62. The molecule has 110 valence electrons. The molecule has 2 unspecified atom stereocenters. The van der Waals surface area contributed by atoms with Crippen molar-refractivity contribution in [3.05, 3.63) is 0 Å². The second-order valence-electron chi connectivity index (χ2n) is 6.64. The molecular weight excluding hydrogens is 238 g/mol. The molecule has 0 aromatic heterocycles. The fraction of sp³-hybridized carbons (Fsp3) is 0.933. The summed E-state index contributed by atoms with van der Waals surface area (Å²) in [5, 5.41) is 3.38. The molecule has 2 fully saturated rings. The standard InChI is InChI=1S/C15H29N3O/c1-12-8-13(2)10-18(9-12)15(19)11-17(3)14-4-6-16-7-5-14/h12-14,16H,4-11H2,1-3H3. The molecule has 19 heavy (non-hydrogen) atoms. The van der Waals surface area contributed by atoms with Crippen molar-refractivity contribution in [3.63, 3.8) is 0 Å². The molecule has 2 heterocycles. The second-order valence-corrected chi connectivity index (χ2v) is 6.64. The number of rotatable bonds is 3. The van der Waals surface area contributed by atoms with Crippen molar-refractivity contribution < 1.29 is 4.79 Å². The Hall–Kier alpha value is -0.610. The maximum Gasteiger partial charge on any atom is 0.236 e. The summed E-state index contributed by atoms with van der Waals surface area (Å²) in [6.07, 6.45) is 3.58. The van der Waals surface area contributed by atoms with E-state index >= 15 is 0 Å². The summed E-state index contributed by atoms with van der Waals surface area (Å²) in [6, 6.07) is 0.574. The molecule has 0 radical (unpaired) electrons. The van der Waals surface area contributed by atoms with E-state index in [9.17, 15) is 4.79 Å². The van der Waals surface area contributed by atoms with Crippen molar-refractivity contribution in [2.45, 2.75) is 39.2 Å². The molecule has 1 N–H and O–H groups in total. The maximum atomic E-state index is 12.4. The van der Waals surface area contributed by atoms with E-state index < -0.39 is 0 Å². The number of carbonyl (C=O) groups excluding carboxylic acids is 1. The lowest BCUT2D eigenvalue weighted by Gasteiger charge is -2.37. The first-order valence-electron chi connectivity index (χ1n) is 7.75. The van der Waals surface area contributed by atoms with Gasteiger partial charge in [0.05, 0.1) is 6.54 Å². The van der Waals surface area contributed by atoms with Crippen LogP contribution in [0.3, 0.4) is 0 Å². The van der Waals surface area contributed by atoms with Gasteiger partial charge in [-0.3, -0.25) is 9.69 Å². The number of nitrogens with one attached hydrogen (secondary N) is 1. The van der Waals surface area contributed by atoms with Gasteiger partial charge in [0.15, 0.2) is 0 Å². The Labute approximate surface area is 117 Å². The van der Waals surface area contributed by atoms with Gasteiger partial charge in [-0.15, -0.1) is 0 Å². The molecule has 0 spiro atoms. The summed E-state index contributed by atoms with van der Waals surface area (Å²) >= 11 is 0. The van der Waals surface area contributed by atoms with Crippen LogP contribution in [0.2, 0.25) is 0 Å². The molecule has 0 saturated carbocycles. The highest BCUT2D eigenvalue weighted by molar-refractivity contribution is 5.78. The van der Waals surface area contributed by atoms with Gasteiger partial charge in [-0.25, -0.2) is 0 Å². The minimum absolute atomic E-state index is 0.319. The van der Waals surface area contributed by atoms with Gasteiger partial charge in [-0.2, -0.15) is 0 Å². The number of nitrogens with zero attached hydrogens (tertiary/aromatic N) is 2. The Morgan fingerprint density at radius 2 is 1.79 bits per heavy atom. The molecular formula is C15H29N3O. The lowest BCUT2D eigenvalue weighted by atomic mass is 9.92. The Balaban J connectivity index is 1.82. The van der Waals surface area contributed by atoms with E-state index in [0.29, 0.717) is 30.3 Å². The van der Waals surface area contributed by atoms with Crippen LogP contribution in [0, 0.1) is 11.8 Å². The molecule has 4 nitrogen and oxygen atoms in total. The van der Waals surface area contributed by atoms with Crippen LogP contribution < -0.4 is 5.32 Å². The smallest absolute Gasteiger partial charge is 0.236 e. The monoisotopic (exact) mass is 267 g/mol. The van der Waals surface area contributed by atoms with Crippen LogP contribution in [-0.2, 0) is 4.79 Å². The van der Waals surface area contributed by atoms with E-state index in [1.807, 2.05) is 0 Å². The van der Waals surface area contributed by atoms with Crippen molar-refractivity contribution in [1.29, 1.82) is 0 Å². The maximum absolute atomic E-state index is 12.4. The van der Waals surface area contributed by atoms with Gasteiger partial charge in [0, 0.05) is 19.1 Å². The van der Waals surface area contributed by atoms with Gasteiger partial charge in [-0.05, 0) is 51.2 Å². The molecule has 0 aromatic carbocycles. The Kier molecular flexibility index (Phi) is 5.22. The van der Waals surface area contributed by atoms with Crippen molar-refractivity contribution in [2.75, 3.05) is 39.8 Å². The fourth-order valence-corrected chi connectivity index (χ4v) is 3.56. The molecule has 2 aliphatic heterocycles. The predicted octanol–water partition coefficient (Wildman–Crippen LogP) is 1.17. The topological polar surface area (TPSA) is 35.6 Å². The second kappa shape index (κ2) is 6.71. The summed E-state index contributed by atoms with van der Waals surface area (Å²) in [5.41, 5.74) is 0. The van der Waals surface area contributed by atoms with E-state index in [1.165, 1.54) is 6.42 Å². The first-order chi connectivity index (χ1) is 9.06. The van der Waals surface area contributed by atoms with Crippen LogP contribution in [-0.4, -0.2) is 61.5 Å². The highest BCUT2D eigenvalue weighted by atomic mass is 16.2. The number of likely N-dealkylation sites (tertiary alicyclic amines) is 1. The quantitative estimate of drug-likeness (QED) is 0.834. The van der Waals surface area contributed by atoms with Crippen molar-refractivity contribution in [1.82, 2.24) is 15.1 Å². The molecule has 4 heteroatoms. The van der Waals surface area contributed by atoms with Crippen molar-refractivity contribution in [3.8, 4) is 0 Å². The SMILES string of the molecule is CC1CC(C)CN(C(=O)CN(C)C2CCNCC2)C1. The van der Waals surface area contributed by atoms with Gasteiger partial charge in [-0.1, -0.05) is 13.8 Å². The largest absolute Gasteiger partial charge is 0.341 e. The van der Waals surface area contributed by atoms with E-state index in [0.717, 1.165) is 39.0 Å². The van der Waals surface area contributed by atoms with Crippen molar-refractivity contribution in [2.24, 2.45) is 11.8 Å². The van der Waals surface area contributed by atoms with Gasteiger partial charge in [0.25, 0.3) is 0 Å². The zero-order valence-corrected chi connectivity index (χ0v) is 12.7. The van der Waals surface area contributed by atoms with E-state index in [1.54, 1.807) is 0 Å². The number of hydrogen-bond acceptors (Lipinski definition) is 3. The number of likely N-dealkylation sites (N-methyl/N-ethyl adjacent to an activating group) is 1. The lowest BCUT2D eigenvalue weighted by Crippen LogP contribution is -2.49. The minimum Gasteiger partial charge on any atom is -0.341 e. The van der Waals surface area contributed by atoms with E-state index in [2.05, 4.69) is 36.0 Å². The highest BCUT2D eigenvalue weighted by Crippen LogP contribution is 2.21. The minimum atomic E-state index is 0.319. The molecule has 2 rings (SSSR count). The van der Waals surface area contributed by atoms with Gasteiger partial charge >= 0.3 is 0 Å². The van der Waals surface area contributed by atoms with Crippen LogP contribution in [0.25, 0.3) is 0 Å². The normalized spacial score (nSPS) is 29.8. The van der Waals surface area contributed by atoms with Gasteiger partial charge < -0.3 is 10.2 Å². The van der Waals surface area contributed by atoms with Crippen LogP contribution in [0.4, 0.5) is 0 Å². The molecule has 1 amide bonds. The van der Waals surface area contributed by atoms with Gasteiger partial charge in [0.2, 0.25) is 5.91 Å². The summed E-state index contributed by atoms with van der Waals surface area (Å²) in [4.78, 5) is 16.7. The van der Waals surface area contributed by atoms with Crippen molar-refractivity contribution >= 4 is 5.91 Å². The molecule has 0 bridgehead atoms. The Bertz CT molecular complexity index is 292. The van der Waals surface area contributed by atoms with Crippen LogP contribution in [0.1, 0.15) is 33.1 Å². The molecule has 2 saturated heterocycles. The highest BCUT2D eigenvalue weighted by Gasteiger charge is 2.27. The third-order valence-corrected chi connectivity index (χ3v) is 4.54. The van der Waals surface area contributed by atoms with Crippen LogP contribution in [0.5, 0.6) is 0 Å². The summed E-state index contributed by atoms with van der Waals surface area (Å²) in [7, 11) is 2.10. The zero-order chi connectivity index (χ0) is 13.8. The molecule has 2 atom stereocenters. The first-order valence-corrected chi connectivity index (χ1v) is 7.75. The third-order valence-electron chi connectivity index (χ3n) is 4.54. The number of piperidine rings is 2. The number of hydrogen-bond donors (Lipinski definition) is 1. The summed E-state index contributed by atoms with van der Waals surface area (Å²) < 4.78 is 0. The Morgan fingerprint density at radius 1 is 1.21 bits per heavy atom. The third kappa shape index (κ3) is 4.18. The van der Waals surface area contributed by atoms with E-state index in [4.69, 9.17) is 0 Å². The number of carbonyl (C=O) groups is 1. The zero-order valence-electron chi connectivity index (χ0n) is 12.7. The van der Waals surface area contributed by atoms with E-state index in [-0.39, 0.29) is 0 Å². The summed E-state index contributed by atoms with van der Waals surface area (Å²) in [6.45, 7) is 9.16. The fourth-order valence-electron chi connectivity index (χ4n) is 3.56. The van der Waals surface area contributed by atoms with Gasteiger partial charge in [0.1, 0.15) is 0 Å². The molecule has 2 aliphatic rings. The molecule has 0 aliphatic carbocycles. The van der Waals surface area contributed by atoms with Crippen LogP contribution in [0.15, 0.2) is 0 Å². The average molecular weight is 267 g/mol. The van der Waals surface area contributed by atoms with Crippen LogP contribution >= 0.6 is 0 Å². The molecule has 0 aromatic rings. The first kappa shape index (κ1) is 14.8.